The molecule has 2 unspecified atom stereocenters. The summed E-state index contributed by atoms with van der Waals surface area (Å²) >= 11 is 0. The zero-order valence-electron chi connectivity index (χ0n) is 36.8. The predicted octanol–water partition coefficient (Wildman–Crippen LogP) is 15.6. The monoisotopic (exact) mass is 760 g/mol. The average Bonchev–Trinajstić information content (AvgIpc) is 3.18. The predicted molar refractivity (Wildman–Crippen MR) is 239 cm³/mol. The van der Waals surface area contributed by atoms with E-state index in [-0.39, 0.29) is 12.5 Å². The Morgan fingerprint density at radius 2 is 0.796 bits per heavy atom. The molecular weight excluding hydrogens is 663 g/mol. The van der Waals surface area contributed by atoms with Crippen molar-refractivity contribution < 1.29 is 15.0 Å². The van der Waals surface area contributed by atoms with Crippen LogP contribution in [0.25, 0.3) is 0 Å². The van der Waals surface area contributed by atoms with Crippen LogP contribution in [0.1, 0.15) is 271 Å². The van der Waals surface area contributed by atoms with E-state index >= 15 is 0 Å². The largest absolute Gasteiger partial charge is 0.394 e. The van der Waals surface area contributed by atoms with E-state index in [4.69, 9.17) is 0 Å². The number of allylic oxidation sites excluding steroid dienone is 4. The zero-order valence-corrected chi connectivity index (χ0v) is 36.8. The van der Waals surface area contributed by atoms with E-state index in [1.165, 1.54) is 199 Å². The van der Waals surface area contributed by atoms with Crippen molar-refractivity contribution in [2.24, 2.45) is 0 Å². The number of hydrogen-bond donors (Lipinski definition) is 3. The summed E-state index contributed by atoms with van der Waals surface area (Å²) in [5, 5.41) is 23.2. The first kappa shape index (κ1) is 52.9. The first-order valence-electron chi connectivity index (χ1n) is 24.5. The minimum absolute atomic E-state index is 0.0438. The van der Waals surface area contributed by atoms with Gasteiger partial charge in [-0.1, -0.05) is 250 Å². The van der Waals surface area contributed by atoms with Crippen LogP contribution in [0.5, 0.6) is 0 Å². The number of unbranched alkanes of at least 4 members (excludes halogenated alkanes) is 34. The van der Waals surface area contributed by atoms with Crippen LogP contribution >= 0.6 is 0 Å². The molecule has 54 heavy (non-hydrogen) atoms. The molecule has 3 N–H and O–H groups in total. The third kappa shape index (κ3) is 42.0. The van der Waals surface area contributed by atoms with Gasteiger partial charge in [0.25, 0.3) is 0 Å². The Labute approximate surface area is 339 Å². The summed E-state index contributed by atoms with van der Waals surface area (Å²) in [5.74, 6) is -0.0438. The Morgan fingerprint density at radius 3 is 1.19 bits per heavy atom. The topological polar surface area (TPSA) is 69.6 Å². The lowest BCUT2D eigenvalue weighted by Gasteiger charge is -2.22. The molecule has 320 valence electrons. The minimum atomic E-state index is -0.664. The number of carbonyl (C=O) groups excluding carboxylic acids is 1. The van der Waals surface area contributed by atoms with E-state index in [0.717, 1.165) is 44.9 Å². The number of aliphatic hydroxyl groups excluding tert-OH is 2. The third-order valence-electron chi connectivity index (χ3n) is 11.4. The highest BCUT2D eigenvalue weighted by molar-refractivity contribution is 5.76. The van der Waals surface area contributed by atoms with Crippen LogP contribution in [0, 0.1) is 0 Å². The Kier molecular flexibility index (Phi) is 45.3. The van der Waals surface area contributed by atoms with Gasteiger partial charge in [-0.25, -0.2) is 0 Å². The lowest BCUT2D eigenvalue weighted by molar-refractivity contribution is -0.123. The average molecular weight is 760 g/mol. The normalized spacial score (nSPS) is 13.0. The lowest BCUT2D eigenvalue weighted by atomic mass is 10.0. The maximum atomic E-state index is 12.4. The summed E-state index contributed by atoms with van der Waals surface area (Å²) in [6.07, 6.45) is 60.0. The highest BCUT2D eigenvalue weighted by Gasteiger charge is 2.20. The summed E-state index contributed by atoms with van der Waals surface area (Å²) in [7, 11) is 0. The molecule has 0 saturated carbocycles. The molecule has 0 aromatic heterocycles. The molecule has 0 aliphatic carbocycles. The van der Waals surface area contributed by atoms with Gasteiger partial charge >= 0.3 is 0 Å². The van der Waals surface area contributed by atoms with Gasteiger partial charge in [0.1, 0.15) is 0 Å². The smallest absolute Gasteiger partial charge is 0.220 e. The van der Waals surface area contributed by atoms with Crippen molar-refractivity contribution in [3.05, 3.63) is 24.3 Å². The van der Waals surface area contributed by atoms with Gasteiger partial charge in [0.2, 0.25) is 5.91 Å². The van der Waals surface area contributed by atoms with Gasteiger partial charge < -0.3 is 15.5 Å². The van der Waals surface area contributed by atoms with Gasteiger partial charge in [-0.3, -0.25) is 4.79 Å². The molecule has 4 nitrogen and oxygen atoms in total. The Morgan fingerprint density at radius 1 is 0.444 bits per heavy atom. The van der Waals surface area contributed by atoms with Crippen molar-refractivity contribution in [2.75, 3.05) is 6.61 Å². The Hall–Kier alpha value is -1.13. The molecule has 0 aromatic carbocycles. The van der Waals surface area contributed by atoms with E-state index in [2.05, 4.69) is 43.5 Å². The van der Waals surface area contributed by atoms with Gasteiger partial charge in [0.05, 0.1) is 18.8 Å². The summed E-state index contributed by atoms with van der Waals surface area (Å²) in [6, 6.07) is -0.542. The van der Waals surface area contributed by atoms with E-state index in [9.17, 15) is 15.0 Å². The van der Waals surface area contributed by atoms with E-state index in [1.54, 1.807) is 0 Å². The van der Waals surface area contributed by atoms with Crippen LogP contribution in [-0.4, -0.2) is 34.9 Å². The van der Waals surface area contributed by atoms with Crippen molar-refractivity contribution in [1.82, 2.24) is 5.32 Å². The Balaban J connectivity index is 3.41. The van der Waals surface area contributed by atoms with Crippen molar-refractivity contribution >= 4 is 5.91 Å². The molecule has 0 bridgehead atoms. The Bertz CT molecular complexity index is 780. The summed E-state index contributed by atoms with van der Waals surface area (Å²) in [6.45, 7) is 4.30. The van der Waals surface area contributed by atoms with E-state index in [0.29, 0.717) is 12.8 Å². The third-order valence-corrected chi connectivity index (χ3v) is 11.4. The molecule has 0 aromatic rings. The van der Waals surface area contributed by atoms with Crippen LogP contribution in [0.2, 0.25) is 0 Å². The molecule has 0 saturated heterocycles. The van der Waals surface area contributed by atoms with Gasteiger partial charge in [-0.05, 0) is 38.5 Å². The lowest BCUT2D eigenvalue weighted by Crippen LogP contribution is -2.45. The molecule has 0 rings (SSSR count). The maximum absolute atomic E-state index is 12.4. The van der Waals surface area contributed by atoms with Crippen molar-refractivity contribution in [3.63, 3.8) is 0 Å². The van der Waals surface area contributed by atoms with Crippen LogP contribution in [0.3, 0.4) is 0 Å². The number of amides is 1. The van der Waals surface area contributed by atoms with Crippen LogP contribution < -0.4 is 5.32 Å². The van der Waals surface area contributed by atoms with Crippen LogP contribution in [0.4, 0.5) is 0 Å². The molecule has 0 heterocycles. The summed E-state index contributed by atoms with van der Waals surface area (Å²) in [5.41, 5.74) is 0. The second-order valence-corrected chi connectivity index (χ2v) is 16.9. The fourth-order valence-electron chi connectivity index (χ4n) is 7.69. The van der Waals surface area contributed by atoms with E-state index in [1.807, 2.05) is 0 Å². The van der Waals surface area contributed by atoms with Gasteiger partial charge in [0, 0.05) is 6.42 Å². The number of carbonyl (C=O) groups is 1. The molecule has 0 fully saturated rings. The highest BCUT2D eigenvalue weighted by atomic mass is 16.3. The first-order valence-corrected chi connectivity index (χ1v) is 24.5. The molecule has 0 spiro atoms. The molecular formula is C50H97NO3. The highest BCUT2D eigenvalue weighted by Crippen LogP contribution is 2.17. The fourth-order valence-corrected chi connectivity index (χ4v) is 7.69. The molecule has 4 heteroatoms. The molecule has 1 amide bonds. The number of rotatable bonds is 45. The van der Waals surface area contributed by atoms with Crippen molar-refractivity contribution in [1.29, 1.82) is 0 Å². The number of nitrogens with one attached hydrogen (secondary N) is 1. The quantitative estimate of drug-likeness (QED) is 0.0428. The molecule has 0 aliphatic heterocycles. The SMILES string of the molecule is CCC/C=C\C/C=C\CCCCCCCC(=O)NC(CO)C(O)CCCCCCCCCCCCCCCCCCCCCCCCCCCCCCC. The minimum Gasteiger partial charge on any atom is -0.394 e. The number of aliphatic hydroxyl groups is 2. The molecule has 0 radical (unpaired) electrons. The van der Waals surface area contributed by atoms with E-state index < -0.39 is 12.1 Å². The molecule has 2 atom stereocenters. The standard InChI is InChI=1S/C50H97NO3/c1-3-5-7-9-11-13-15-17-18-19-20-21-22-23-24-25-26-27-28-29-30-31-32-34-35-37-39-41-43-45-49(53)48(47-52)51-50(54)46-44-42-40-38-36-33-16-14-12-10-8-6-4-2/h8,10,14,16,48-49,52-53H,3-7,9,11-13,15,17-47H2,1-2H3,(H,51,54)/b10-8-,16-14-. The van der Waals surface area contributed by atoms with Crippen LogP contribution in [0.15, 0.2) is 24.3 Å². The maximum Gasteiger partial charge on any atom is 0.220 e. The van der Waals surface area contributed by atoms with Gasteiger partial charge in [-0.2, -0.15) is 0 Å². The van der Waals surface area contributed by atoms with Crippen LogP contribution in [-0.2, 0) is 4.79 Å². The number of hydrogen-bond acceptors (Lipinski definition) is 3. The van der Waals surface area contributed by atoms with Crippen molar-refractivity contribution in [2.45, 2.75) is 283 Å². The van der Waals surface area contributed by atoms with Gasteiger partial charge in [0.15, 0.2) is 0 Å². The summed E-state index contributed by atoms with van der Waals surface area (Å²) in [4.78, 5) is 12.4. The van der Waals surface area contributed by atoms with Crippen molar-refractivity contribution in [3.8, 4) is 0 Å². The summed E-state index contributed by atoms with van der Waals surface area (Å²) < 4.78 is 0. The fraction of sp³-hybridized carbons (Fsp3) is 0.900. The molecule has 0 aliphatic rings. The second kappa shape index (κ2) is 46.3. The van der Waals surface area contributed by atoms with Gasteiger partial charge in [-0.15, -0.1) is 0 Å². The first-order chi connectivity index (χ1) is 26.7. The second-order valence-electron chi connectivity index (χ2n) is 16.9. The zero-order chi connectivity index (χ0) is 39.3.